The molecule has 6 heteroatoms. The third-order valence-electron chi connectivity index (χ3n) is 0.769. The Balaban J connectivity index is 0.000000561. The van der Waals surface area contributed by atoms with Gasteiger partial charge >= 0.3 is 12.1 Å². The topological polar surface area (TPSA) is 38.9 Å². The molecular formula is C6H9F3N2O. The first-order chi connectivity index (χ1) is 5.50. The van der Waals surface area contributed by atoms with Crippen molar-refractivity contribution in [3.05, 3.63) is 11.8 Å². The van der Waals surface area contributed by atoms with Gasteiger partial charge in [-0.1, -0.05) is 13.8 Å². The molecule has 0 radical (unpaired) electrons. The van der Waals surface area contributed by atoms with Gasteiger partial charge in [0.05, 0.1) is 0 Å². The Morgan fingerprint density at radius 1 is 1.17 bits per heavy atom. The summed E-state index contributed by atoms with van der Waals surface area (Å²) in [4.78, 5) is 0. The smallest absolute Gasteiger partial charge is 0.418 e. The van der Waals surface area contributed by atoms with Crippen LogP contribution in [0.25, 0.3) is 0 Å². The van der Waals surface area contributed by atoms with Gasteiger partial charge in [0.2, 0.25) is 5.89 Å². The van der Waals surface area contributed by atoms with E-state index in [0.717, 1.165) is 0 Å². The zero-order valence-corrected chi connectivity index (χ0v) is 6.94. The Kier molecular flexibility index (Phi) is 3.72. The standard InChI is InChI=1S/C4H3F3N2O.C2H6/c1-2-8-9-3(10-2)4(5,6)7;1-2/h1H3;1-2H3. The zero-order chi connectivity index (χ0) is 9.78. The Morgan fingerprint density at radius 3 is 1.83 bits per heavy atom. The van der Waals surface area contributed by atoms with E-state index in [0.29, 0.717) is 0 Å². The van der Waals surface area contributed by atoms with Crippen molar-refractivity contribution in [3.8, 4) is 0 Å². The van der Waals surface area contributed by atoms with Crippen LogP contribution in [0, 0.1) is 6.92 Å². The average molecular weight is 182 g/mol. The summed E-state index contributed by atoms with van der Waals surface area (Å²) in [5.41, 5.74) is 0. The predicted molar refractivity (Wildman–Crippen MR) is 35.4 cm³/mol. The summed E-state index contributed by atoms with van der Waals surface area (Å²) in [6, 6.07) is 0. The van der Waals surface area contributed by atoms with E-state index < -0.39 is 12.1 Å². The minimum atomic E-state index is -4.53. The Hall–Kier alpha value is -1.07. The van der Waals surface area contributed by atoms with E-state index in [-0.39, 0.29) is 5.89 Å². The van der Waals surface area contributed by atoms with Gasteiger partial charge in [-0.15, -0.1) is 10.2 Å². The summed E-state index contributed by atoms with van der Waals surface area (Å²) >= 11 is 0. The van der Waals surface area contributed by atoms with Crippen molar-refractivity contribution in [2.24, 2.45) is 0 Å². The van der Waals surface area contributed by atoms with Crippen LogP contribution in [-0.4, -0.2) is 10.2 Å². The molecule has 0 unspecified atom stereocenters. The molecule has 1 aromatic heterocycles. The molecule has 1 aromatic rings. The van der Waals surface area contributed by atoms with Crippen LogP contribution in [0.5, 0.6) is 0 Å². The lowest BCUT2D eigenvalue weighted by Crippen LogP contribution is -2.04. The summed E-state index contributed by atoms with van der Waals surface area (Å²) in [5.74, 6) is -1.39. The van der Waals surface area contributed by atoms with Crippen molar-refractivity contribution in [1.29, 1.82) is 0 Å². The van der Waals surface area contributed by atoms with E-state index in [1.165, 1.54) is 6.92 Å². The van der Waals surface area contributed by atoms with Gasteiger partial charge < -0.3 is 4.42 Å². The second kappa shape index (κ2) is 4.08. The molecular weight excluding hydrogens is 173 g/mol. The molecule has 1 rings (SSSR count). The van der Waals surface area contributed by atoms with Gasteiger partial charge in [0.1, 0.15) is 0 Å². The summed E-state index contributed by atoms with van der Waals surface area (Å²) in [5, 5.41) is 5.79. The van der Waals surface area contributed by atoms with Crippen molar-refractivity contribution >= 4 is 0 Å². The highest BCUT2D eigenvalue weighted by Crippen LogP contribution is 2.27. The third kappa shape index (κ3) is 2.89. The molecule has 1 heterocycles. The monoisotopic (exact) mass is 182 g/mol. The van der Waals surface area contributed by atoms with Crippen molar-refractivity contribution < 1.29 is 17.6 Å². The molecule has 12 heavy (non-hydrogen) atoms. The van der Waals surface area contributed by atoms with Gasteiger partial charge in [-0.25, -0.2) is 0 Å². The Morgan fingerprint density at radius 2 is 1.67 bits per heavy atom. The SMILES string of the molecule is CC.Cc1nnc(C(F)(F)F)o1. The summed E-state index contributed by atoms with van der Waals surface area (Å²) in [7, 11) is 0. The van der Waals surface area contributed by atoms with Crippen LogP contribution in [-0.2, 0) is 6.18 Å². The molecule has 0 aromatic carbocycles. The van der Waals surface area contributed by atoms with Crippen LogP contribution < -0.4 is 0 Å². The quantitative estimate of drug-likeness (QED) is 0.618. The number of alkyl halides is 3. The first-order valence-electron chi connectivity index (χ1n) is 3.37. The lowest BCUT2D eigenvalue weighted by atomic mass is 10.7. The highest BCUT2D eigenvalue weighted by Gasteiger charge is 2.37. The molecule has 0 saturated heterocycles. The number of aryl methyl sites for hydroxylation is 1. The number of hydrogen-bond acceptors (Lipinski definition) is 3. The zero-order valence-electron chi connectivity index (χ0n) is 6.94. The van der Waals surface area contributed by atoms with Gasteiger partial charge in [-0.2, -0.15) is 13.2 Å². The summed E-state index contributed by atoms with van der Waals surface area (Å²) in [6.45, 7) is 5.29. The number of aromatic nitrogens is 2. The molecule has 3 nitrogen and oxygen atoms in total. The van der Waals surface area contributed by atoms with E-state index in [1.54, 1.807) is 0 Å². The van der Waals surface area contributed by atoms with Crippen LogP contribution in [0.4, 0.5) is 13.2 Å². The van der Waals surface area contributed by atoms with Crippen molar-refractivity contribution in [2.45, 2.75) is 26.9 Å². The van der Waals surface area contributed by atoms with Crippen LogP contribution in [0.2, 0.25) is 0 Å². The first-order valence-corrected chi connectivity index (χ1v) is 3.37. The van der Waals surface area contributed by atoms with E-state index in [1.807, 2.05) is 13.8 Å². The molecule has 0 N–H and O–H groups in total. The molecule has 0 atom stereocenters. The second-order valence-corrected chi connectivity index (χ2v) is 1.62. The predicted octanol–water partition coefficient (Wildman–Crippen LogP) is 2.42. The maximum atomic E-state index is 11.6. The maximum absolute atomic E-state index is 11.6. The van der Waals surface area contributed by atoms with E-state index >= 15 is 0 Å². The van der Waals surface area contributed by atoms with Crippen LogP contribution in [0.3, 0.4) is 0 Å². The van der Waals surface area contributed by atoms with E-state index in [2.05, 4.69) is 14.6 Å². The highest BCUT2D eigenvalue weighted by atomic mass is 19.4. The molecule has 0 amide bonds. The minimum absolute atomic E-state index is 0.0904. The summed E-state index contributed by atoms with van der Waals surface area (Å²) < 4.78 is 38.9. The lowest BCUT2D eigenvalue weighted by molar-refractivity contribution is -0.157. The number of hydrogen-bond donors (Lipinski definition) is 0. The fraction of sp³-hybridized carbons (Fsp3) is 0.667. The fourth-order valence-corrected chi connectivity index (χ4v) is 0.411. The van der Waals surface area contributed by atoms with Crippen molar-refractivity contribution in [2.75, 3.05) is 0 Å². The van der Waals surface area contributed by atoms with Crippen molar-refractivity contribution in [3.63, 3.8) is 0 Å². The van der Waals surface area contributed by atoms with Gasteiger partial charge in [-0.05, 0) is 0 Å². The highest BCUT2D eigenvalue weighted by molar-refractivity contribution is 4.83. The minimum Gasteiger partial charge on any atom is -0.418 e. The van der Waals surface area contributed by atoms with Gasteiger partial charge in [-0.3, -0.25) is 0 Å². The van der Waals surface area contributed by atoms with E-state index in [9.17, 15) is 13.2 Å². The molecule has 0 aliphatic heterocycles. The van der Waals surface area contributed by atoms with Gasteiger partial charge in [0.25, 0.3) is 0 Å². The molecule has 0 saturated carbocycles. The van der Waals surface area contributed by atoms with Crippen molar-refractivity contribution in [1.82, 2.24) is 10.2 Å². The second-order valence-electron chi connectivity index (χ2n) is 1.62. The number of nitrogens with zero attached hydrogens (tertiary/aromatic N) is 2. The Labute approximate surface area is 67.6 Å². The molecule has 0 bridgehead atoms. The normalized spacial score (nSPS) is 10.5. The summed E-state index contributed by atoms with van der Waals surface area (Å²) in [6.07, 6.45) is -4.53. The average Bonchev–Trinajstić information content (AvgIpc) is 2.39. The lowest BCUT2D eigenvalue weighted by Gasteiger charge is -1.95. The first kappa shape index (κ1) is 10.9. The molecule has 0 fully saturated rings. The molecule has 0 aliphatic rings. The molecule has 0 spiro atoms. The fourth-order valence-electron chi connectivity index (χ4n) is 0.411. The van der Waals surface area contributed by atoms with Crippen LogP contribution in [0.1, 0.15) is 25.6 Å². The maximum Gasteiger partial charge on any atom is 0.470 e. The number of rotatable bonds is 0. The third-order valence-corrected chi connectivity index (χ3v) is 0.769. The Bertz CT molecular complexity index is 231. The largest absolute Gasteiger partial charge is 0.470 e. The van der Waals surface area contributed by atoms with Gasteiger partial charge in [0.15, 0.2) is 0 Å². The van der Waals surface area contributed by atoms with Gasteiger partial charge in [0, 0.05) is 6.92 Å². The van der Waals surface area contributed by atoms with E-state index in [4.69, 9.17) is 0 Å². The van der Waals surface area contributed by atoms with Crippen LogP contribution in [0.15, 0.2) is 4.42 Å². The molecule has 70 valence electrons. The number of halogens is 3. The molecule has 0 aliphatic carbocycles. The van der Waals surface area contributed by atoms with Crippen LogP contribution >= 0.6 is 0 Å².